The second-order valence-corrected chi connectivity index (χ2v) is 10.5. The molecule has 0 bridgehead atoms. The summed E-state index contributed by atoms with van der Waals surface area (Å²) in [5, 5.41) is 3.60. The number of nitrogens with zero attached hydrogens (tertiary/aromatic N) is 3. The third-order valence-corrected chi connectivity index (χ3v) is 7.42. The highest BCUT2D eigenvalue weighted by Crippen LogP contribution is 2.37. The second-order valence-electron chi connectivity index (χ2n) is 10.5. The molecule has 3 aromatic rings. The van der Waals surface area contributed by atoms with Gasteiger partial charge in [-0.2, -0.15) is 0 Å². The molecule has 2 saturated heterocycles. The maximum absolute atomic E-state index is 8.46. The molecular weight excluding hydrogens is 534 g/mol. The molecular formula is C33H39N3O6. The smallest absolute Gasteiger partial charge is 0.186 e. The van der Waals surface area contributed by atoms with Crippen LogP contribution >= 0.6 is 0 Å². The highest BCUT2D eigenvalue weighted by Gasteiger charge is 2.51. The zero-order valence-corrected chi connectivity index (χ0v) is 23.8. The quantitative estimate of drug-likeness (QED) is 0.0849. The summed E-state index contributed by atoms with van der Waals surface area (Å²) in [6.07, 6.45) is 0.677. The van der Waals surface area contributed by atoms with E-state index in [-0.39, 0.29) is 6.10 Å². The van der Waals surface area contributed by atoms with Crippen molar-refractivity contribution >= 4 is 0 Å². The van der Waals surface area contributed by atoms with Gasteiger partial charge in [0, 0.05) is 23.6 Å². The third kappa shape index (κ3) is 8.63. The van der Waals surface area contributed by atoms with E-state index in [1.54, 1.807) is 0 Å². The van der Waals surface area contributed by atoms with Gasteiger partial charge in [0.15, 0.2) is 12.6 Å². The summed E-state index contributed by atoms with van der Waals surface area (Å²) in [6.45, 7) is 2.16. The van der Waals surface area contributed by atoms with Crippen LogP contribution in [0.4, 0.5) is 0 Å². The standard InChI is InChI=1S/C33H39N3O6/c34-36-35-20-12-1-2-13-21-37-33-31(39-23-26-16-8-4-9-17-26)30(38-22-25-14-6-3-7-15-25)29-28(41-33)24-40-32(42-29)27-18-10-5-11-19-27/h3-11,14-19,28-33H,1-2,12-13,20-24H2/t28-,29-,30+,31+,32-,33+/m1/s1. The number of hydrogen-bond acceptors (Lipinski definition) is 7. The van der Waals surface area contributed by atoms with Gasteiger partial charge in [-0.3, -0.25) is 0 Å². The zero-order chi connectivity index (χ0) is 28.8. The van der Waals surface area contributed by atoms with E-state index in [4.69, 9.17) is 34.0 Å². The van der Waals surface area contributed by atoms with Crippen LogP contribution in [0.25, 0.3) is 10.4 Å². The van der Waals surface area contributed by atoms with Gasteiger partial charge >= 0.3 is 0 Å². The van der Waals surface area contributed by atoms with Crippen molar-refractivity contribution in [3.63, 3.8) is 0 Å². The minimum absolute atomic E-state index is 0.347. The number of rotatable bonds is 15. The average molecular weight is 574 g/mol. The Morgan fingerprint density at radius 1 is 0.714 bits per heavy atom. The Kier molecular flexibility index (Phi) is 11.8. The molecule has 5 rings (SSSR count). The second kappa shape index (κ2) is 16.4. The van der Waals surface area contributed by atoms with Crippen LogP contribution < -0.4 is 0 Å². The van der Waals surface area contributed by atoms with Gasteiger partial charge < -0.3 is 28.4 Å². The van der Waals surface area contributed by atoms with Crippen molar-refractivity contribution in [3.05, 3.63) is 118 Å². The summed E-state index contributed by atoms with van der Waals surface area (Å²) in [5.41, 5.74) is 11.5. The van der Waals surface area contributed by atoms with Crippen LogP contribution in [0, 0.1) is 0 Å². The van der Waals surface area contributed by atoms with Gasteiger partial charge in [0.25, 0.3) is 0 Å². The number of benzene rings is 3. The molecule has 0 N–H and O–H groups in total. The van der Waals surface area contributed by atoms with Crippen LogP contribution in [-0.2, 0) is 41.6 Å². The van der Waals surface area contributed by atoms with E-state index in [1.807, 2.05) is 91.0 Å². The molecule has 222 valence electrons. The van der Waals surface area contributed by atoms with Crippen LogP contribution in [0.3, 0.4) is 0 Å². The Bertz CT molecular complexity index is 1230. The predicted octanol–water partition coefficient (Wildman–Crippen LogP) is 6.88. The van der Waals surface area contributed by atoms with E-state index >= 15 is 0 Å². The van der Waals surface area contributed by atoms with E-state index < -0.39 is 30.9 Å². The fourth-order valence-corrected chi connectivity index (χ4v) is 5.24. The van der Waals surface area contributed by atoms with Gasteiger partial charge in [-0.1, -0.05) is 109 Å². The van der Waals surface area contributed by atoms with Crippen LogP contribution in [0.5, 0.6) is 0 Å². The molecule has 9 heteroatoms. The first-order chi connectivity index (χ1) is 20.8. The Morgan fingerprint density at radius 2 is 1.33 bits per heavy atom. The molecule has 0 radical (unpaired) electrons. The lowest BCUT2D eigenvalue weighted by molar-refractivity contribution is -0.372. The van der Waals surface area contributed by atoms with Gasteiger partial charge in [-0.05, 0) is 29.5 Å². The molecule has 0 aliphatic carbocycles. The van der Waals surface area contributed by atoms with E-state index in [2.05, 4.69) is 10.0 Å². The zero-order valence-electron chi connectivity index (χ0n) is 23.8. The molecule has 2 fully saturated rings. The van der Waals surface area contributed by atoms with Crippen molar-refractivity contribution < 1.29 is 28.4 Å². The first-order valence-corrected chi connectivity index (χ1v) is 14.7. The minimum atomic E-state index is -0.653. The molecule has 0 amide bonds. The molecule has 9 nitrogen and oxygen atoms in total. The van der Waals surface area contributed by atoms with Gasteiger partial charge in [-0.25, -0.2) is 0 Å². The molecule has 0 aromatic heterocycles. The van der Waals surface area contributed by atoms with Gasteiger partial charge in [-0.15, -0.1) is 0 Å². The summed E-state index contributed by atoms with van der Waals surface area (Å²) in [6, 6.07) is 30.1. The molecule has 6 atom stereocenters. The maximum atomic E-state index is 8.46. The number of azide groups is 1. The highest BCUT2D eigenvalue weighted by atomic mass is 16.8. The Hall–Kier alpha value is -3.27. The molecule has 3 aromatic carbocycles. The topological polar surface area (TPSA) is 104 Å². The van der Waals surface area contributed by atoms with E-state index in [9.17, 15) is 0 Å². The Morgan fingerprint density at radius 3 is 2.00 bits per heavy atom. The molecule has 2 aliphatic heterocycles. The fraction of sp³-hybridized carbons (Fsp3) is 0.455. The minimum Gasteiger partial charge on any atom is -0.368 e. The summed E-state index contributed by atoms with van der Waals surface area (Å²) in [4.78, 5) is 2.81. The number of hydrogen-bond donors (Lipinski definition) is 0. The van der Waals surface area contributed by atoms with Gasteiger partial charge in [0.1, 0.15) is 24.4 Å². The summed E-state index contributed by atoms with van der Waals surface area (Å²) >= 11 is 0. The van der Waals surface area contributed by atoms with Crippen molar-refractivity contribution in [1.29, 1.82) is 0 Å². The average Bonchev–Trinajstić information content (AvgIpc) is 3.05. The Balaban J connectivity index is 1.32. The number of ether oxygens (including phenoxy) is 6. The fourth-order valence-electron chi connectivity index (χ4n) is 5.24. The van der Waals surface area contributed by atoms with Gasteiger partial charge in [0.2, 0.25) is 0 Å². The molecule has 2 aliphatic rings. The number of fused-ring (bicyclic) bond motifs is 1. The lowest BCUT2D eigenvalue weighted by atomic mass is 9.97. The molecule has 0 unspecified atom stereocenters. The summed E-state index contributed by atoms with van der Waals surface area (Å²) in [5.74, 6) is 0. The van der Waals surface area contributed by atoms with Crippen LogP contribution in [-0.4, -0.2) is 50.5 Å². The van der Waals surface area contributed by atoms with Crippen molar-refractivity contribution in [2.75, 3.05) is 19.8 Å². The molecule has 2 heterocycles. The highest BCUT2D eigenvalue weighted by molar-refractivity contribution is 5.17. The number of unbranched alkanes of at least 4 members (excludes halogenated alkanes) is 3. The van der Waals surface area contributed by atoms with Gasteiger partial charge in [0.05, 0.1) is 19.8 Å². The largest absolute Gasteiger partial charge is 0.368 e. The van der Waals surface area contributed by atoms with Crippen molar-refractivity contribution in [1.82, 2.24) is 0 Å². The van der Waals surface area contributed by atoms with Crippen LogP contribution in [0.1, 0.15) is 48.7 Å². The van der Waals surface area contributed by atoms with Crippen molar-refractivity contribution in [3.8, 4) is 0 Å². The lowest BCUT2D eigenvalue weighted by Crippen LogP contribution is -2.63. The SMILES string of the molecule is [N-]=[N+]=NCCCCCCO[C@H]1O[C@@H]2CO[C@@H](c3ccccc3)O[C@H]2[C@H](OCc2ccccc2)[C@@H]1OCc1ccccc1. The van der Waals surface area contributed by atoms with Crippen LogP contribution in [0.2, 0.25) is 0 Å². The third-order valence-electron chi connectivity index (χ3n) is 7.42. The molecule has 0 saturated carbocycles. The van der Waals surface area contributed by atoms with Crippen LogP contribution in [0.15, 0.2) is 96.1 Å². The first-order valence-electron chi connectivity index (χ1n) is 14.7. The maximum Gasteiger partial charge on any atom is 0.186 e. The van der Waals surface area contributed by atoms with Crippen molar-refractivity contribution in [2.45, 2.75) is 75.9 Å². The van der Waals surface area contributed by atoms with E-state index in [0.717, 1.165) is 42.4 Å². The van der Waals surface area contributed by atoms with E-state index in [0.29, 0.717) is 33.0 Å². The summed E-state index contributed by atoms with van der Waals surface area (Å²) < 4.78 is 38.7. The Labute approximate surface area is 247 Å². The predicted molar refractivity (Wildman–Crippen MR) is 157 cm³/mol. The lowest BCUT2D eigenvalue weighted by Gasteiger charge is -2.49. The van der Waals surface area contributed by atoms with Crippen molar-refractivity contribution in [2.24, 2.45) is 5.11 Å². The normalized spacial score (nSPS) is 25.3. The molecule has 0 spiro atoms. The first kappa shape index (κ1) is 30.2. The van der Waals surface area contributed by atoms with E-state index in [1.165, 1.54) is 0 Å². The summed E-state index contributed by atoms with van der Waals surface area (Å²) in [7, 11) is 0. The molecule has 42 heavy (non-hydrogen) atoms. The monoisotopic (exact) mass is 573 g/mol.